The number of hydrogen-bond donors (Lipinski definition) is 1. The molecule has 3 rings (SSSR count). The lowest BCUT2D eigenvalue weighted by molar-refractivity contribution is 1.47. The number of hydrogen-bond acceptors (Lipinski definition) is 5. The third-order valence-corrected chi connectivity index (χ3v) is 4.04. The van der Waals surface area contributed by atoms with Gasteiger partial charge in [-0.1, -0.05) is 30.3 Å². The molecule has 0 bridgehead atoms. The van der Waals surface area contributed by atoms with Gasteiger partial charge in [-0.3, -0.25) is 0 Å². The van der Waals surface area contributed by atoms with Crippen molar-refractivity contribution in [2.24, 2.45) is 5.18 Å². The maximum absolute atomic E-state index is 10.8. The van der Waals surface area contributed by atoms with Crippen LogP contribution in [0.2, 0.25) is 0 Å². The molecule has 96 valence electrons. The molecule has 4 nitrogen and oxygen atoms in total. The van der Waals surface area contributed by atoms with Gasteiger partial charge in [-0.15, -0.1) is 16.2 Å². The van der Waals surface area contributed by atoms with E-state index >= 15 is 0 Å². The molecule has 0 amide bonds. The minimum Gasteiger partial charge on any atom is -0.344 e. The van der Waals surface area contributed by atoms with Crippen molar-refractivity contribution in [2.75, 3.05) is 5.32 Å². The van der Waals surface area contributed by atoms with Crippen LogP contribution in [0.25, 0.3) is 10.1 Å². The predicted octanol–water partition coefficient (Wildman–Crippen LogP) is 4.91. The van der Waals surface area contributed by atoms with Gasteiger partial charge in [-0.2, -0.15) is 5.26 Å². The van der Waals surface area contributed by atoms with E-state index in [1.165, 1.54) is 11.3 Å². The standard InChI is InChI=1S/C15H9N3OS/c16-9-11-10-5-1-4-8-14(10)20-15(11)17-12-6-2-3-7-13(12)18-19/h1-8,17H. The Hall–Kier alpha value is -2.71. The van der Waals surface area contributed by atoms with Crippen molar-refractivity contribution in [3.8, 4) is 6.07 Å². The van der Waals surface area contributed by atoms with Crippen LogP contribution in [0.4, 0.5) is 16.4 Å². The molecule has 0 radical (unpaired) electrons. The fourth-order valence-electron chi connectivity index (χ4n) is 2.03. The van der Waals surface area contributed by atoms with E-state index in [4.69, 9.17) is 0 Å². The quantitative estimate of drug-likeness (QED) is 0.692. The number of benzene rings is 2. The lowest BCUT2D eigenvalue weighted by Crippen LogP contribution is -1.89. The van der Waals surface area contributed by atoms with Crippen molar-refractivity contribution < 1.29 is 0 Å². The molecule has 0 aliphatic carbocycles. The number of thiophene rings is 1. The van der Waals surface area contributed by atoms with E-state index in [9.17, 15) is 10.2 Å². The number of nitrogens with zero attached hydrogens (tertiary/aromatic N) is 2. The van der Waals surface area contributed by atoms with E-state index in [2.05, 4.69) is 16.6 Å². The lowest BCUT2D eigenvalue weighted by Gasteiger charge is -2.05. The van der Waals surface area contributed by atoms with Crippen LogP contribution < -0.4 is 5.32 Å². The highest BCUT2D eigenvalue weighted by atomic mass is 32.1. The molecule has 2 aromatic carbocycles. The topological polar surface area (TPSA) is 65.2 Å². The zero-order valence-corrected chi connectivity index (χ0v) is 11.1. The molecule has 1 aromatic heterocycles. The second-order valence-corrected chi connectivity index (χ2v) is 5.20. The van der Waals surface area contributed by atoms with Gasteiger partial charge in [0.2, 0.25) is 0 Å². The Bertz CT molecular complexity index is 832. The van der Waals surface area contributed by atoms with Crippen LogP contribution in [0, 0.1) is 16.2 Å². The van der Waals surface area contributed by atoms with E-state index in [1.54, 1.807) is 18.2 Å². The minimum absolute atomic E-state index is 0.328. The summed E-state index contributed by atoms with van der Waals surface area (Å²) in [6.45, 7) is 0. The molecule has 0 saturated carbocycles. The van der Waals surface area contributed by atoms with E-state index < -0.39 is 0 Å². The molecular weight excluding hydrogens is 270 g/mol. The summed E-state index contributed by atoms with van der Waals surface area (Å²) in [7, 11) is 0. The first kappa shape index (κ1) is 12.3. The fraction of sp³-hybridized carbons (Fsp3) is 0. The van der Waals surface area contributed by atoms with Crippen molar-refractivity contribution >= 4 is 37.8 Å². The average Bonchev–Trinajstić information content (AvgIpc) is 2.85. The van der Waals surface area contributed by atoms with Crippen LogP contribution >= 0.6 is 11.3 Å². The van der Waals surface area contributed by atoms with Gasteiger partial charge >= 0.3 is 0 Å². The third-order valence-electron chi connectivity index (χ3n) is 2.96. The van der Waals surface area contributed by atoms with Gasteiger partial charge in [0.25, 0.3) is 0 Å². The monoisotopic (exact) mass is 279 g/mol. The summed E-state index contributed by atoms with van der Waals surface area (Å²) in [4.78, 5) is 10.8. The predicted molar refractivity (Wildman–Crippen MR) is 81.7 cm³/mol. The first-order valence-corrected chi connectivity index (χ1v) is 6.76. The second kappa shape index (κ2) is 5.11. The number of nitrogens with one attached hydrogen (secondary N) is 1. The van der Waals surface area contributed by atoms with Crippen LogP contribution in [0.15, 0.2) is 53.7 Å². The van der Waals surface area contributed by atoms with Crippen LogP contribution in [0.5, 0.6) is 0 Å². The molecule has 3 aromatic rings. The summed E-state index contributed by atoms with van der Waals surface area (Å²) in [5, 5.41) is 17.1. The van der Waals surface area contributed by atoms with E-state index in [0.29, 0.717) is 16.9 Å². The molecule has 0 fully saturated rings. The number of nitriles is 1. The molecule has 0 unspecified atom stereocenters. The largest absolute Gasteiger partial charge is 0.344 e. The number of anilines is 2. The van der Waals surface area contributed by atoms with Crippen molar-refractivity contribution in [1.82, 2.24) is 0 Å². The smallest absolute Gasteiger partial charge is 0.131 e. The Labute approximate surface area is 119 Å². The van der Waals surface area contributed by atoms with Crippen LogP contribution in [-0.4, -0.2) is 0 Å². The summed E-state index contributed by atoms with van der Waals surface area (Å²) in [6, 6.07) is 16.9. The molecule has 1 N–H and O–H groups in total. The molecule has 0 aliphatic heterocycles. The Morgan fingerprint density at radius 1 is 1.10 bits per heavy atom. The Kier molecular flexibility index (Phi) is 3.15. The van der Waals surface area contributed by atoms with Crippen molar-refractivity contribution in [3.63, 3.8) is 0 Å². The van der Waals surface area contributed by atoms with Gasteiger partial charge in [0.1, 0.15) is 16.8 Å². The fourth-order valence-corrected chi connectivity index (χ4v) is 3.09. The average molecular weight is 279 g/mol. The van der Waals surface area contributed by atoms with E-state index in [1.807, 2.05) is 30.3 Å². The highest BCUT2D eigenvalue weighted by molar-refractivity contribution is 7.23. The van der Waals surface area contributed by atoms with Crippen LogP contribution in [0.1, 0.15) is 5.56 Å². The van der Waals surface area contributed by atoms with Gasteiger partial charge in [0.05, 0.1) is 11.3 Å². The van der Waals surface area contributed by atoms with E-state index in [0.717, 1.165) is 15.1 Å². The summed E-state index contributed by atoms with van der Waals surface area (Å²) in [6.07, 6.45) is 0. The number of para-hydroxylation sites is 1. The Morgan fingerprint density at radius 3 is 2.65 bits per heavy atom. The Balaban J connectivity index is 2.11. The van der Waals surface area contributed by atoms with Crippen LogP contribution in [-0.2, 0) is 0 Å². The molecule has 5 heteroatoms. The highest BCUT2D eigenvalue weighted by Crippen LogP contribution is 2.38. The first-order chi connectivity index (χ1) is 9.83. The van der Waals surface area contributed by atoms with Crippen molar-refractivity contribution in [3.05, 3.63) is 59.0 Å². The third kappa shape index (κ3) is 2.02. The molecule has 0 atom stereocenters. The highest BCUT2D eigenvalue weighted by Gasteiger charge is 2.13. The van der Waals surface area contributed by atoms with Gasteiger partial charge in [-0.25, -0.2) is 0 Å². The van der Waals surface area contributed by atoms with Gasteiger partial charge in [0, 0.05) is 10.1 Å². The maximum Gasteiger partial charge on any atom is 0.131 e. The first-order valence-electron chi connectivity index (χ1n) is 5.94. The molecule has 1 heterocycles. The normalized spacial score (nSPS) is 10.2. The lowest BCUT2D eigenvalue weighted by atomic mass is 10.2. The van der Waals surface area contributed by atoms with E-state index in [-0.39, 0.29) is 0 Å². The minimum atomic E-state index is 0.328. The number of rotatable bonds is 3. The summed E-state index contributed by atoms with van der Waals surface area (Å²) < 4.78 is 1.03. The molecule has 20 heavy (non-hydrogen) atoms. The zero-order chi connectivity index (χ0) is 13.9. The molecule has 0 saturated heterocycles. The molecule has 0 spiro atoms. The zero-order valence-electron chi connectivity index (χ0n) is 10.3. The van der Waals surface area contributed by atoms with Crippen molar-refractivity contribution in [1.29, 1.82) is 5.26 Å². The van der Waals surface area contributed by atoms with Crippen molar-refractivity contribution in [2.45, 2.75) is 0 Å². The van der Waals surface area contributed by atoms with Gasteiger partial charge in [-0.05, 0) is 23.4 Å². The second-order valence-electron chi connectivity index (χ2n) is 4.15. The van der Waals surface area contributed by atoms with Gasteiger partial charge in [0.15, 0.2) is 0 Å². The summed E-state index contributed by atoms with van der Waals surface area (Å²) in [5.74, 6) is 0. The molecule has 0 aliphatic rings. The Morgan fingerprint density at radius 2 is 1.85 bits per heavy atom. The summed E-state index contributed by atoms with van der Waals surface area (Å²) >= 11 is 1.49. The number of nitroso groups, excluding NO2 is 1. The van der Waals surface area contributed by atoms with Crippen LogP contribution in [0.3, 0.4) is 0 Å². The maximum atomic E-state index is 10.8. The number of fused-ring (bicyclic) bond motifs is 1. The summed E-state index contributed by atoms with van der Waals surface area (Å²) in [5.41, 5.74) is 1.52. The van der Waals surface area contributed by atoms with Gasteiger partial charge < -0.3 is 5.32 Å². The molecular formula is C15H9N3OS. The SMILES string of the molecule is N#Cc1c(Nc2ccccc2N=O)sc2ccccc12.